The number of hydrogen-bond donors (Lipinski definition) is 2. The van der Waals surface area contributed by atoms with Crippen molar-refractivity contribution in [2.45, 2.75) is 0 Å². The van der Waals surface area contributed by atoms with Crippen molar-refractivity contribution in [1.82, 2.24) is 10.6 Å². The zero-order valence-corrected chi connectivity index (χ0v) is 8.84. The Balaban J connectivity index is 2.17. The van der Waals surface area contributed by atoms with E-state index in [9.17, 15) is 4.79 Å². The van der Waals surface area contributed by atoms with Crippen LogP contribution in [0.25, 0.3) is 0 Å². The summed E-state index contributed by atoms with van der Waals surface area (Å²) in [5.41, 5.74) is 0.602. The van der Waals surface area contributed by atoms with E-state index < -0.39 is 0 Å². The lowest BCUT2D eigenvalue weighted by molar-refractivity contribution is 0.104. The van der Waals surface area contributed by atoms with E-state index in [0.29, 0.717) is 10.6 Å². The van der Waals surface area contributed by atoms with E-state index in [1.54, 1.807) is 30.3 Å². The fourth-order valence-electron chi connectivity index (χ4n) is 1.42. The van der Waals surface area contributed by atoms with Crippen LogP contribution < -0.4 is 10.6 Å². The predicted molar refractivity (Wildman–Crippen MR) is 59.9 cm³/mol. The molecule has 1 aliphatic heterocycles. The second-order valence-corrected chi connectivity index (χ2v) is 3.72. The Bertz CT molecular complexity index is 407. The average Bonchev–Trinajstić information content (AvgIpc) is 2.70. The van der Waals surface area contributed by atoms with Gasteiger partial charge in [0, 0.05) is 29.8 Å². The van der Waals surface area contributed by atoms with Crippen LogP contribution in [0.5, 0.6) is 0 Å². The summed E-state index contributed by atoms with van der Waals surface area (Å²) in [5, 5.41) is 6.71. The van der Waals surface area contributed by atoms with Gasteiger partial charge >= 0.3 is 0 Å². The number of benzene rings is 1. The first kappa shape index (κ1) is 10.1. The van der Waals surface area contributed by atoms with Crippen LogP contribution in [0, 0.1) is 0 Å². The van der Waals surface area contributed by atoms with Gasteiger partial charge in [0.2, 0.25) is 0 Å². The second-order valence-electron chi connectivity index (χ2n) is 3.29. The number of allylic oxidation sites excluding steroid dienone is 1. The van der Waals surface area contributed by atoms with E-state index in [4.69, 9.17) is 11.6 Å². The minimum Gasteiger partial charge on any atom is -0.370 e. The zero-order valence-electron chi connectivity index (χ0n) is 8.09. The summed E-state index contributed by atoms with van der Waals surface area (Å²) in [7, 11) is 0. The Labute approximate surface area is 93.1 Å². The molecule has 2 N–H and O–H groups in total. The summed E-state index contributed by atoms with van der Waals surface area (Å²) in [6, 6.07) is 6.93. The summed E-state index contributed by atoms with van der Waals surface area (Å²) in [6.45, 7) is 1.71. The Morgan fingerprint density at radius 2 is 2.07 bits per heavy atom. The molecular formula is C11H11ClN2O. The molecule has 3 nitrogen and oxygen atoms in total. The highest BCUT2D eigenvalue weighted by atomic mass is 35.5. The molecule has 4 heteroatoms. The van der Waals surface area contributed by atoms with Crippen LogP contribution in [0.4, 0.5) is 0 Å². The van der Waals surface area contributed by atoms with Gasteiger partial charge in [0.25, 0.3) is 0 Å². The van der Waals surface area contributed by atoms with Gasteiger partial charge in [0.05, 0.1) is 0 Å². The Kier molecular flexibility index (Phi) is 2.92. The highest BCUT2D eigenvalue weighted by molar-refractivity contribution is 6.31. The molecule has 78 valence electrons. The van der Waals surface area contributed by atoms with Crippen molar-refractivity contribution < 1.29 is 4.79 Å². The van der Waals surface area contributed by atoms with Crippen LogP contribution in [0.3, 0.4) is 0 Å². The van der Waals surface area contributed by atoms with Crippen LogP contribution >= 0.6 is 11.6 Å². The monoisotopic (exact) mass is 222 g/mol. The van der Waals surface area contributed by atoms with Gasteiger partial charge in [-0.15, -0.1) is 0 Å². The molecule has 1 aromatic rings. The highest BCUT2D eigenvalue weighted by Gasteiger charge is 2.08. The van der Waals surface area contributed by atoms with Gasteiger partial charge in [0.1, 0.15) is 5.82 Å². The third kappa shape index (κ3) is 2.50. The maximum absolute atomic E-state index is 11.7. The van der Waals surface area contributed by atoms with E-state index in [1.165, 1.54) is 0 Å². The molecule has 0 aliphatic carbocycles. The summed E-state index contributed by atoms with van der Waals surface area (Å²) >= 11 is 5.80. The van der Waals surface area contributed by atoms with E-state index >= 15 is 0 Å². The van der Waals surface area contributed by atoms with E-state index in [0.717, 1.165) is 18.9 Å². The quantitative estimate of drug-likeness (QED) is 0.590. The number of carbonyl (C=O) groups excluding carboxylic acids is 1. The lowest BCUT2D eigenvalue weighted by Crippen LogP contribution is -2.12. The molecule has 0 radical (unpaired) electrons. The number of carbonyl (C=O) groups is 1. The molecular weight excluding hydrogens is 212 g/mol. The van der Waals surface area contributed by atoms with E-state index in [-0.39, 0.29) is 5.78 Å². The molecule has 1 fully saturated rings. The fourth-order valence-corrected chi connectivity index (χ4v) is 1.61. The number of hydrogen-bond acceptors (Lipinski definition) is 3. The molecule has 1 heterocycles. The van der Waals surface area contributed by atoms with Crippen LogP contribution in [0.15, 0.2) is 36.2 Å². The van der Waals surface area contributed by atoms with Crippen LogP contribution in [-0.2, 0) is 0 Å². The predicted octanol–water partition coefficient (Wildman–Crippen LogP) is 1.56. The molecule has 0 unspecified atom stereocenters. The standard InChI is InChI=1S/C11H11ClN2O/c12-9-3-1-2-8(6-9)10(15)7-11-13-4-5-14-11/h1-3,6-7,13-14H,4-5H2. The van der Waals surface area contributed by atoms with E-state index in [2.05, 4.69) is 10.6 Å². The Hall–Kier alpha value is -1.48. The molecule has 15 heavy (non-hydrogen) atoms. The van der Waals surface area contributed by atoms with Gasteiger partial charge < -0.3 is 10.6 Å². The van der Waals surface area contributed by atoms with Crippen molar-refractivity contribution in [3.8, 4) is 0 Å². The van der Waals surface area contributed by atoms with Crippen LogP contribution in [0.2, 0.25) is 5.02 Å². The molecule has 0 saturated carbocycles. The molecule has 0 aromatic heterocycles. The molecule has 0 amide bonds. The average molecular weight is 223 g/mol. The van der Waals surface area contributed by atoms with E-state index in [1.807, 2.05) is 0 Å². The zero-order chi connectivity index (χ0) is 10.7. The number of nitrogens with one attached hydrogen (secondary N) is 2. The first-order valence-electron chi connectivity index (χ1n) is 4.75. The normalized spacial score (nSPS) is 14.3. The highest BCUT2D eigenvalue weighted by Crippen LogP contribution is 2.11. The largest absolute Gasteiger partial charge is 0.370 e. The van der Waals surface area contributed by atoms with Crippen molar-refractivity contribution in [3.63, 3.8) is 0 Å². The van der Waals surface area contributed by atoms with Gasteiger partial charge in [-0.3, -0.25) is 4.79 Å². The van der Waals surface area contributed by atoms with Crippen molar-refractivity contribution in [3.05, 3.63) is 46.7 Å². The first-order valence-corrected chi connectivity index (χ1v) is 5.13. The van der Waals surface area contributed by atoms with Gasteiger partial charge in [-0.2, -0.15) is 0 Å². The van der Waals surface area contributed by atoms with Gasteiger partial charge in [-0.1, -0.05) is 23.7 Å². The van der Waals surface area contributed by atoms with Crippen LogP contribution in [0.1, 0.15) is 10.4 Å². The Morgan fingerprint density at radius 1 is 1.33 bits per heavy atom. The minimum atomic E-state index is -0.0469. The summed E-state index contributed by atoms with van der Waals surface area (Å²) < 4.78 is 0. The number of ketones is 1. The second kappa shape index (κ2) is 4.36. The minimum absolute atomic E-state index is 0.0469. The van der Waals surface area contributed by atoms with Crippen molar-refractivity contribution >= 4 is 17.4 Å². The molecule has 1 aliphatic rings. The lowest BCUT2D eigenvalue weighted by Gasteiger charge is -2.00. The summed E-state index contributed by atoms with van der Waals surface area (Å²) in [5.74, 6) is 0.731. The first-order chi connectivity index (χ1) is 7.25. The molecule has 2 rings (SSSR count). The van der Waals surface area contributed by atoms with Crippen molar-refractivity contribution in [2.75, 3.05) is 13.1 Å². The third-order valence-electron chi connectivity index (χ3n) is 2.14. The SMILES string of the molecule is O=C(C=C1NCCN1)c1cccc(Cl)c1. The van der Waals surface area contributed by atoms with Gasteiger partial charge in [-0.05, 0) is 12.1 Å². The molecule has 1 saturated heterocycles. The fraction of sp³-hybridized carbons (Fsp3) is 0.182. The smallest absolute Gasteiger partial charge is 0.189 e. The number of rotatable bonds is 2. The lowest BCUT2D eigenvalue weighted by atomic mass is 10.1. The van der Waals surface area contributed by atoms with Crippen molar-refractivity contribution in [2.24, 2.45) is 0 Å². The summed E-state index contributed by atoms with van der Waals surface area (Å²) in [4.78, 5) is 11.7. The van der Waals surface area contributed by atoms with Crippen LogP contribution in [-0.4, -0.2) is 18.9 Å². The summed E-state index contributed by atoms with van der Waals surface area (Å²) in [6.07, 6.45) is 1.55. The van der Waals surface area contributed by atoms with Gasteiger partial charge in [-0.25, -0.2) is 0 Å². The molecule has 1 aromatic carbocycles. The molecule has 0 bridgehead atoms. The third-order valence-corrected chi connectivity index (χ3v) is 2.38. The van der Waals surface area contributed by atoms with Gasteiger partial charge in [0.15, 0.2) is 5.78 Å². The maximum atomic E-state index is 11.7. The molecule has 0 spiro atoms. The van der Waals surface area contributed by atoms with Crippen molar-refractivity contribution in [1.29, 1.82) is 0 Å². The topological polar surface area (TPSA) is 41.1 Å². The molecule has 0 atom stereocenters. The number of halogens is 1. The Morgan fingerprint density at radius 3 is 2.73 bits per heavy atom. The maximum Gasteiger partial charge on any atom is 0.189 e.